The molecule has 3 rings (SSSR count). The van der Waals surface area contributed by atoms with E-state index in [1.807, 2.05) is 0 Å². The first-order valence-electron chi connectivity index (χ1n) is 6.50. The molecule has 2 amide bonds. The Morgan fingerprint density at radius 1 is 0.833 bits per heavy atom. The number of carbonyl (C=O) groups is 2. The fourth-order valence-electron chi connectivity index (χ4n) is 2.29. The largest absolute Gasteiger partial charge is 0.277 e. The number of nitrogens with zero attached hydrogens (tertiary/aromatic N) is 1. The lowest BCUT2D eigenvalue weighted by molar-refractivity contribution is -0.119. The molecule has 122 valence electrons. The van der Waals surface area contributed by atoms with E-state index < -0.39 is 23.4 Å². The number of halogens is 5. The molecule has 8 heteroatoms. The minimum absolute atomic E-state index is 0.129. The molecule has 0 aromatic heterocycles. The molecule has 2 aromatic rings. The van der Waals surface area contributed by atoms with E-state index in [4.69, 9.17) is 34.8 Å². The minimum Gasteiger partial charge on any atom is -0.268 e. The topological polar surface area (TPSA) is 37.4 Å². The van der Waals surface area contributed by atoms with Gasteiger partial charge in [0.1, 0.15) is 5.03 Å². The third kappa shape index (κ3) is 2.69. The molecule has 0 radical (unpaired) electrons. The normalized spacial score (nSPS) is 14.8. The first-order chi connectivity index (χ1) is 11.3. The quantitative estimate of drug-likeness (QED) is 0.693. The molecule has 2 aromatic carbocycles. The Hall–Kier alpha value is -1.95. The van der Waals surface area contributed by atoms with Gasteiger partial charge in [0, 0.05) is 16.7 Å². The molecule has 1 heterocycles. The van der Waals surface area contributed by atoms with Crippen LogP contribution in [0.2, 0.25) is 10.0 Å². The molecule has 1 aliphatic rings. The van der Waals surface area contributed by atoms with Gasteiger partial charge in [-0.15, -0.1) is 0 Å². The van der Waals surface area contributed by atoms with E-state index in [1.54, 1.807) is 0 Å². The average Bonchev–Trinajstić information content (AvgIpc) is 2.73. The predicted octanol–water partition coefficient (Wildman–Crippen LogP) is 4.79. The van der Waals surface area contributed by atoms with E-state index in [0.29, 0.717) is 9.92 Å². The first kappa shape index (κ1) is 16.9. The summed E-state index contributed by atoms with van der Waals surface area (Å²) in [6, 6.07) is 6.98. The number of carbonyl (C=O) groups excluding carboxylic acids is 2. The van der Waals surface area contributed by atoms with Crippen molar-refractivity contribution < 1.29 is 18.4 Å². The summed E-state index contributed by atoms with van der Waals surface area (Å²) in [6.45, 7) is 0. The van der Waals surface area contributed by atoms with Crippen LogP contribution in [0.25, 0.3) is 5.57 Å². The lowest BCUT2D eigenvalue weighted by atomic mass is 10.1. The van der Waals surface area contributed by atoms with E-state index in [2.05, 4.69) is 0 Å². The molecule has 0 atom stereocenters. The van der Waals surface area contributed by atoms with Gasteiger partial charge in [0.25, 0.3) is 11.8 Å². The SMILES string of the molecule is O=C1C(Cl)=C(c2ccc(Cl)cc2Cl)C(=O)N1c1ccc(F)c(F)c1. The molecular formula is C16H6Cl3F2NO2. The van der Waals surface area contributed by atoms with Gasteiger partial charge in [-0.05, 0) is 24.3 Å². The highest BCUT2D eigenvalue weighted by molar-refractivity contribution is 6.60. The van der Waals surface area contributed by atoms with Gasteiger partial charge >= 0.3 is 0 Å². The molecule has 0 saturated heterocycles. The summed E-state index contributed by atoms with van der Waals surface area (Å²) in [5.74, 6) is -3.94. The van der Waals surface area contributed by atoms with Gasteiger partial charge in [-0.3, -0.25) is 9.59 Å². The Morgan fingerprint density at radius 2 is 1.54 bits per heavy atom. The average molecular weight is 389 g/mol. The van der Waals surface area contributed by atoms with Crippen molar-refractivity contribution in [3.63, 3.8) is 0 Å². The third-order valence-corrected chi connectivity index (χ3v) is 4.29. The number of hydrogen-bond donors (Lipinski definition) is 0. The molecule has 0 spiro atoms. The predicted molar refractivity (Wildman–Crippen MR) is 88.1 cm³/mol. The number of rotatable bonds is 2. The fourth-order valence-corrected chi connectivity index (χ4v) is 3.06. The van der Waals surface area contributed by atoms with Crippen LogP contribution >= 0.6 is 34.8 Å². The second-order valence-electron chi connectivity index (χ2n) is 4.86. The van der Waals surface area contributed by atoms with Crippen LogP contribution < -0.4 is 4.90 Å². The first-order valence-corrected chi connectivity index (χ1v) is 7.63. The van der Waals surface area contributed by atoms with Gasteiger partial charge in [-0.1, -0.05) is 40.9 Å². The summed E-state index contributed by atoms with van der Waals surface area (Å²) >= 11 is 17.9. The van der Waals surface area contributed by atoms with E-state index in [-0.39, 0.29) is 26.9 Å². The zero-order chi connectivity index (χ0) is 17.6. The summed E-state index contributed by atoms with van der Waals surface area (Å²) in [5, 5.41) is 0.104. The van der Waals surface area contributed by atoms with Gasteiger partial charge in [-0.25, -0.2) is 13.7 Å². The van der Waals surface area contributed by atoms with Crippen molar-refractivity contribution >= 4 is 57.9 Å². The zero-order valence-electron chi connectivity index (χ0n) is 11.6. The van der Waals surface area contributed by atoms with Gasteiger partial charge in [0.15, 0.2) is 11.6 Å². The van der Waals surface area contributed by atoms with E-state index in [0.717, 1.165) is 18.2 Å². The number of amides is 2. The molecule has 0 saturated carbocycles. The van der Waals surface area contributed by atoms with Crippen molar-refractivity contribution in [1.29, 1.82) is 0 Å². The molecular weight excluding hydrogens is 383 g/mol. The van der Waals surface area contributed by atoms with Crippen molar-refractivity contribution in [3.8, 4) is 0 Å². The Labute approximate surface area is 150 Å². The monoisotopic (exact) mass is 387 g/mol. The van der Waals surface area contributed by atoms with Crippen LogP contribution in [0, 0.1) is 11.6 Å². The number of imide groups is 1. The fraction of sp³-hybridized carbons (Fsp3) is 0. The third-order valence-electron chi connectivity index (χ3n) is 3.39. The van der Waals surface area contributed by atoms with Crippen molar-refractivity contribution in [3.05, 3.63) is 68.7 Å². The summed E-state index contributed by atoms with van der Waals surface area (Å²) < 4.78 is 26.5. The van der Waals surface area contributed by atoms with Crippen molar-refractivity contribution in [1.82, 2.24) is 0 Å². The number of anilines is 1. The van der Waals surface area contributed by atoms with Crippen LogP contribution in [-0.4, -0.2) is 11.8 Å². The van der Waals surface area contributed by atoms with Crippen molar-refractivity contribution in [2.75, 3.05) is 4.90 Å². The summed E-state index contributed by atoms with van der Waals surface area (Å²) in [6.07, 6.45) is 0. The van der Waals surface area contributed by atoms with Crippen LogP contribution in [0.4, 0.5) is 14.5 Å². The summed E-state index contributed by atoms with van der Waals surface area (Å²) in [5.41, 5.74) is -0.0512. The van der Waals surface area contributed by atoms with Crippen molar-refractivity contribution in [2.24, 2.45) is 0 Å². The maximum absolute atomic E-state index is 13.4. The minimum atomic E-state index is -1.19. The molecule has 0 bridgehead atoms. The Morgan fingerprint density at radius 3 is 2.17 bits per heavy atom. The van der Waals surface area contributed by atoms with Crippen molar-refractivity contribution in [2.45, 2.75) is 0 Å². The highest BCUT2D eigenvalue weighted by atomic mass is 35.5. The highest BCUT2D eigenvalue weighted by Crippen LogP contribution is 2.38. The number of hydrogen-bond acceptors (Lipinski definition) is 2. The maximum atomic E-state index is 13.4. The lowest BCUT2D eigenvalue weighted by Gasteiger charge is -2.15. The zero-order valence-corrected chi connectivity index (χ0v) is 13.9. The lowest BCUT2D eigenvalue weighted by Crippen LogP contribution is -2.31. The molecule has 0 N–H and O–H groups in total. The highest BCUT2D eigenvalue weighted by Gasteiger charge is 2.40. The standard InChI is InChI=1S/C16H6Cl3F2NO2/c17-7-1-3-9(10(18)5-7)13-14(19)16(24)22(15(13)23)8-2-4-11(20)12(21)6-8/h1-6H. The second-order valence-corrected chi connectivity index (χ2v) is 6.08. The molecule has 0 fully saturated rings. The van der Waals surface area contributed by atoms with Crippen LogP contribution in [0.5, 0.6) is 0 Å². The van der Waals surface area contributed by atoms with Gasteiger partial charge in [0.2, 0.25) is 0 Å². The smallest absolute Gasteiger partial charge is 0.268 e. The molecule has 0 aliphatic carbocycles. The Bertz CT molecular complexity index is 928. The van der Waals surface area contributed by atoms with Gasteiger partial charge in [-0.2, -0.15) is 0 Å². The second kappa shape index (κ2) is 6.16. The van der Waals surface area contributed by atoms with Crippen LogP contribution in [0.1, 0.15) is 5.56 Å². The maximum Gasteiger partial charge on any atom is 0.277 e. The molecule has 1 aliphatic heterocycles. The van der Waals surface area contributed by atoms with Crippen LogP contribution in [0.15, 0.2) is 41.4 Å². The van der Waals surface area contributed by atoms with E-state index >= 15 is 0 Å². The molecule has 24 heavy (non-hydrogen) atoms. The Kier molecular flexibility index (Phi) is 4.34. The summed E-state index contributed by atoms with van der Waals surface area (Å²) in [7, 11) is 0. The Balaban J connectivity index is 2.09. The summed E-state index contributed by atoms with van der Waals surface area (Å²) in [4.78, 5) is 25.6. The molecule has 3 nitrogen and oxygen atoms in total. The number of benzene rings is 2. The van der Waals surface area contributed by atoms with Crippen LogP contribution in [0.3, 0.4) is 0 Å². The van der Waals surface area contributed by atoms with Gasteiger partial charge < -0.3 is 0 Å². The van der Waals surface area contributed by atoms with Gasteiger partial charge in [0.05, 0.1) is 16.3 Å². The van der Waals surface area contributed by atoms with E-state index in [9.17, 15) is 18.4 Å². The molecule has 0 unspecified atom stereocenters. The van der Waals surface area contributed by atoms with E-state index in [1.165, 1.54) is 18.2 Å². The van der Waals surface area contributed by atoms with Crippen LogP contribution in [-0.2, 0) is 9.59 Å².